The van der Waals surface area contributed by atoms with E-state index in [2.05, 4.69) is 17.2 Å². The molecule has 21 heavy (non-hydrogen) atoms. The summed E-state index contributed by atoms with van der Waals surface area (Å²) in [5.41, 5.74) is 6.12. The molecule has 2 atom stereocenters. The molecule has 0 aromatic carbocycles. The molecule has 1 fully saturated rings. The molecule has 2 unspecified atom stereocenters. The third-order valence-corrected chi connectivity index (χ3v) is 4.77. The lowest BCUT2D eigenvalue weighted by Crippen LogP contribution is -2.34. The van der Waals surface area contributed by atoms with E-state index < -0.39 is 0 Å². The zero-order chi connectivity index (χ0) is 14.8. The van der Waals surface area contributed by atoms with Gasteiger partial charge in [-0.05, 0) is 37.3 Å². The van der Waals surface area contributed by atoms with Gasteiger partial charge in [0.25, 0.3) is 5.91 Å². The molecule has 2 aromatic heterocycles. The minimum atomic E-state index is -0.0455. The molecule has 1 amide bonds. The van der Waals surface area contributed by atoms with E-state index in [0.717, 1.165) is 6.42 Å². The number of nitrogens with two attached hydrogens (primary N) is 1. The number of hydrogen-bond donors (Lipinski definition) is 1. The average Bonchev–Trinajstić information content (AvgIpc) is 3.19. The van der Waals surface area contributed by atoms with E-state index in [1.54, 1.807) is 22.2 Å². The summed E-state index contributed by atoms with van der Waals surface area (Å²) in [5.74, 6) is 0.348. The van der Waals surface area contributed by atoms with Crippen LogP contribution in [0.1, 0.15) is 28.7 Å². The predicted octanol–water partition coefficient (Wildman–Crippen LogP) is 1.20. The Balaban J connectivity index is 1.69. The van der Waals surface area contributed by atoms with E-state index >= 15 is 0 Å². The first-order valence-electron chi connectivity index (χ1n) is 7.11. The van der Waals surface area contributed by atoms with Gasteiger partial charge in [0.15, 0.2) is 5.69 Å². The van der Waals surface area contributed by atoms with E-state index in [1.807, 2.05) is 22.4 Å². The minimum Gasteiger partial charge on any atom is -0.334 e. The Hall–Kier alpha value is -1.73. The van der Waals surface area contributed by atoms with Gasteiger partial charge in [-0.15, -0.1) is 16.4 Å². The van der Waals surface area contributed by atoms with Crippen molar-refractivity contribution in [2.45, 2.75) is 25.9 Å². The number of nitrogens with zero attached hydrogens (tertiary/aromatic N) is 4. The number of carbonyl (C=O) groups is 1. The van der Waals surface area contributed by atoms with E-state index in [1.165, 1.54) is 4.88 Å². The van der Waals surface area contributed by atoms with Crippen molar-refractivity contribution in [1.29, 1.82) is 0 Å². The molecule has 112 valence electrons. The van der Waals surface area contributed by atoms with Crippen molar-refractivity contribution >= 4 is 17.2 Å². The third kappa shape index (κ3) is 2.98. The van der Waals surface area contributed by atoms with Gasteiger partial charge in [0, 0.05) is 17.5 Å². The maximum atomic E-state index is 12.5. The maximum absolute atomic E-state index is 12.5. The summed E-state index contributed by atoms with van der Waals surface area (Å²) < 4.78 is 1.71. The summed E-state index contributed by atoms with van der Waals surface area (Å²) in [5, 5.41) is 10.1. The molecule has 2 aromatic rings. The van der Waals surface area contributed by atoms with Crippen molar-refractivity contribution in [3.05, 3.63) is 34.3 Å². The number of thiophene rings is 1. The van der Waals surface area contributed by atoms with Gasteiger partial charge in [-0.3, -0.25) is 4.79 Å². The van der Waals surface area contributed by atoms with Crippen LogP contribution in [0.15, 0.2) is 23.7 Å². The van der Waals surface area contributed by atoms with Gasteiger partial charge in [0.2, 0.25) is 0 Å². The lowest BCUT2D eigenvalue weighted by Gasteiger charge is -2.19. The maximum Gasteiger partial charge on any atom is 0.276 e. The molecule has 0 saturated carbocycles. The Labute approximate surface area is 127 Å². The van der Waals surface area contributed by atoms with Crippen LogP contribution in [0.3, 0.4) is 0 Å². The highest BCUT2D eigenvalue weighted by Gasteiger charge is 2.33. The van der Waals surface area contributed by atoms with Crippen LogP contribution in [-0.2, 0) is 6.54 Å². The lowest BCUT2D eigenvalue weighted by atomic mass is 10.1. The average molecular weight is 305 g/mol. The Morgan fingerprint density at radius 2 is 2.43 bits per heavy atom. The molecule has 1 saturated heterocycles. The van der Waals surface area contributed by atoms with Gasteiger partial charge in [-0.25, -0.2) is 4.68 Å². The molecule has 0 radical (unpaired) electrons. The topological polar surface area (TPSA) is 77.0 Å². The molecule has 7 heteroatoms. The fraction of sp³-hybridized carbons (Fsp3) is 0.500. The van der Waals surface area contributed by atoms with E-state index in [9.17, 15) is 4.79 Å². The molecule has 3 rings (SSSR count). The van der Waals surface area contributed by atoms with Crippen LogP contribution in [0, 0.1) is 5.92 Å². The molecule has 0 aliphatic carbocycles. The zero-order valence-corrected chi connectivity index (χ0v) is 12.8. The van der Waals surface area contributed by atoms with Crippen molar-refractivity contribution in [2.24, 2.45) is 11.7 Å². The Morgan fingerprint density at radius 3 is 3.10 bits per heavy atom. The monoisotopic (exact) mass is 305 g/mol. The molecule has 6 nitrogen and oxygen atoms in total. The highest BCUT2D eigenvalue weighted by molar-refractivity contribution is 7.09. The normalized spacial score (nSPS) is 21.9. The van der Waals surface area contributed by atoms with Crippen LogP contribution in [0.4, 0.5) is 0 Å². The van der Waals surface area contributed by atoms with Crippen LogP contribution >= 0.6 is 11.3 Å². The first-order chi connectivity index (χ1) is 10.2. The van der Waals surface area contributed by atoms with Crippen molar-refractivity contribution in [3.63, 3.8) is 0 Å². The zero-order valence-electron chi connectivity index (χ0n) is 12.0. The molecule has 1 aliphatic rings. The van der Waals surface area contributed by atoms with Gasteiger partial charge < -0.3 is 10.6 Å². The van der Waals surface area contributed by atoms with Gasteiger partial charge >= 0.3 is 0 Å². The van der Waals surface area contributed by atoms with Gasteiger partial charge in [-0.2, -0.15) is 0 Å². The number of amides is 1. The Morgan fingerprint density at radius 1 is 1.57 bits per heavy atom. The fourth-order valence-electron chi connectivity index (χ4n) is 2.78. The number of carbonyl (C=O) groups excluding carboxylic acids is 1. The fourth-order valence-corrected chi connectivity index (χ4v) is 3.48. The second kappa shape index (κ2) is 5.95. The smallest absolute Gasteiger partial charge is 0.276 e. The number of aromatic nitrogens is 3. The SMILES string of the molecule is CC1CC(CN)CN1C(=O)c1cn(Cc2cccs2)nn1. The standard InChI is InChI=1S/C14H19N5OS/c1-10-5-11(6-15)7-19(10)14(20)13-9-18(17-16-13)8-12-3-2-4-21-12/h2-4,9-11H,5-8,15H2,1H3. The summed E-state index contributed by atoms with van der Waals surface area (Å²) in [6.45, 7) is 4.05. The lowest BCUT2D eigenvalue weighted by molar-refractivity contribution is 0.0737. The van der Waals surface area contributed by atoms with E-state index in [-0.39, 0.29) is 11.9 Å². The van der Waals surface area contributed by atoms with Crippen LogP contribution in [0.2, 0.25) is 0 Å². The summed E-state index contributed by atoms with van der Waals surface area (Å²) in [6, 6.07) is 4.26. The highest BCUT2D eigenvalue weighted by Crippen LogP contribution is 2.23. The van der Waals surface area contributed by atoms with Crippen molar-refractivity contribution in [1.82, 2.24) is 19.9 Å². The molecule has 0 spiro atoms. The van der Waals surface area contributed by atoms with Gasteiger partial charge in [-0.1, -0.05) is 11.3 Å². The van der Waals surface area contributed by atoms with Gasteiger partial charge in [0.05, 0.1) is 12.7 Å². The Bertz CT molecular complexity index is 609. The molecule has 3 heterocycles. The van der Waals surface area contributed by atoms with Gasteiger partial charge in [0.1, 0.15) is 0 Å². The number of rotatable bonds is 4. The van der Waals surface area contributed by atoms with Crippen LogP contribution in [0.25, 0.3) is 0 Å². The third-order valence-electron chi connectivity index (χ3n) is 3.91. The summed E-state index contributed by atoms with van der Waals surface area (Å²) >= 11 is 1.67. The molecule has 0 bridgehead atoms. The van der Waals surface area contributed by atoms with E-state index in [0.29, 0.717) is 31.2 Å². The second-order valence-electron chi connectivity index (χ2n) is 5.52. The van der Waals surface area contributed by atoms with Crippen molar-refractivity contribution in [3.8, 4) is 0 Å². The van der Waals surface area contributed by atoms with Crippen LogP contribution in [-0.4, -0.2) is 44.9 Å². The predicted molar refractivity (Wildman–Crippen MR) is 81.1 cm³/mol. The first kappa shape index (κ1) is 14.2. The van der Waals surface area contributed by atoms with Crippen LogP contribution < -0.4 is 5.73 Å². The minimum absolute atomic E-state index is 0.0455. The largest absolute Gasteiger partial charge is 0.334 e. The summed E-state index contributed by atoms with van der Waals surface area (Å²) in [6.07, 6.45) is 2.69. The van der Waals surface area contributed by atoms with Crippen molar-refractivity contribution < 1.29 is 4.79 Å². The quantitative estimate of drug-likeness (QED) is 0.920. The summed E-state index contributed by atoms with van der Waals surface area (Å²) in [4.78, 5) is 15.6. The molecular formula is C14H19N5OS. The molecule has 1 aliphatic heterocycles. The molecular weight excluding hydrogens is 286 g/mol. The van der Waals surface area contributed by atoms with Crippen LogP contribution in [0.5, 0.6) is 0 Å². The van der Waals surface area contributed by atoms with E-state index in [4.69, 9.17) is 5.73 Å². The summed E-state index contributed by atoms with van der Waals surface area (Å²) in [7, 11) is 0. The Kier molecular flexibility index (Phi) is 4.03. The number of hydrogen-bond acceptors (Lipinski definition) is 5. The highest BCUT2D eigenvalue weighted by atomic mass is 32.1. The molecule has 2 N–H and O–H groups in total. The van der Waals surface area contributed by atoms with Crippen molar-refractivity contribution in [2.75, 3.05) is 13.1 Å². The first-order valence-corrected chi connectivity index (χ1v) is 7.99. The number of likely N-dealkylation sites (tertiary alicyclic amines) is 1. The second-order valence-corrected chi connectivity index (χ2v) is 6.56.